The Hall–Kier alpha value is -1.02. The summed E-state index contributed by atoms with van der Waals surface area (Å²) in [5.74, 6) is 1.17. The van der Waals surface area contributed by atoms with Gasteiger partial charge in [-0.15, -0.1) is 0 Å². The third-order valence-electron chi connectivity index (χ3n) is 3.18. The average molecular weight is 205 g/mol. The summed E-state index contributed by atoms with van der Waals surface area (Å²) in [4.78, 5) is 0. The number of rotatable bonds is 2. The zero-order chi connectivity index (χ0) is 10.7. The lowest BCUT2D eigenvalue weighted by Gasteiger charge is -2.22. The number of aryl methyl sites for hydroxylation is 1. The summed E-state index contributed by atoms with van der Waals surface area (Å²) in [6, 6.07) is 5.95. The molecule has 2 rings (SSSR count). The molecule has 1 aliphatic heterocycles. The molecule has 1 aromatic rings. The summed E-state index contributed by atoms with van der Waals surface area (Å²) in [7, 11) is 0. The molecule has 0 bridgehead atoms. The number of aromatic hydroxyl groups is 1. The fourth-order valence-electron chi connectivity index (χ4n) is 2.28. The first kappa shape index (κ1) is 10.5. The summed E-state index contributed by atoms with van der Waals surface area (Å²) in [5.41, 5.74) is 2.33. The molecule has 1 aliphatic rings. The second-order valence-corrected chi connectivity index (χ2v) is 4.54. The fourth-order valence-corrected chi connectivity index (χ4v) is 2.28. The minimum absolute atomic E-state index is 0.403. The Balaban J connectivity index is 2.00. The van der Waals surface area contributed by atoms with E-state index in [1.165, 1.54) is 24.9 Å². The van der Waals surface area contributed by atoms with Crippen molar-refractivity contribution in [2.24, 2.45) is 5.92 Å². The van der Waals surface area contributed by atoms with Crippen LogP contribution in [0.4, 0.5) is 0 Å². The Morgan fingerprint density at radius 2 is 2.33 bits per heavy atom. The van der Waals surface area contributed by atoms with Crippen LogP contribution in [0.25, 0.3) is 0 Å². The van der Waals surface area contributed by atoms with Crippen LogP contribution in [0.15, 0.2) is 18.2 Å². The molecule has 1 atom stereocenters. The van der Waals surface area contributed by atoms with E-state index in [4.69, 9.17) is 0 Å². The lowest BCUT2D eigenvalue weighted by molar-refractivity contribution is 0.376. The van der Waals surface area contributed by atoms with E-state index < -0.39 is 0 Å². The highest BCUT2D eigenvalue weighted by molar-refractivity contribution is 5.35. The topological polar surface area (TPSA) is 32.3 Å². The van der Waals surface area contributed by atoms with Crippen LogP contribution < -0.4 is 5.32 Å². The van der Waals surface area contributed by atoms with E-state index in [2.05, 4.69) is 11.4 Å². The van der Waals surface area contributed by atoms with E-state index in [-0.39, 0.29) is 0 Å². The minimum atomic E-state index is 0.403. The Kier molecular flexibility index (Phi) is 3.27. The van der Waals surface area contributed by atoms with Gasteiger partial charge in [-0.05, 0) is 62.4 Å². The SMILES string of the molecule is Cc1cc(CC2CCCNC2)ccc1O. The van der Waals surface area contributed by atoms with E-state index in [0.29, 0.717) is 5.75 Å². The molecular formula is C13H19NO. The highest BCUT2D eigenvalue weighted by Gasteiger charge is 2.13. The Morgan fingerprint density at radius 3 is 3.00 bits per heavy atom. The zero-order valence-corrected chi connectivity index (χ0v) is 9.29. The van der Waals surface area contributed by atoms with Crippen LogP contribution in [-0.2, 0) is 6.42 Å². The van der Waals surface area contributed by atoms with Crippen LogP contribution in [-0.4, -0.2) is 18.2 Å². The molecule has 1 aromatic carbocycles. The largest absolute Gasteiger partial charge is 0.508 e. The van der Waals surface area contributed by atoms with Gasteiger partial charge in [0.25, 0.3) is 0 Å². The Labute approximate surface area is 91.3 Å². The molecule has 0 spiro atoms. The van der Waals surface area contributed by atoms with Gasteiger partial charge in [-0.25, -0.2) is 0 Å². The van der Waals surface area contributed by atoms with Gasteiger partial charge in [0.05, 0.1) is 0 Å². The minimum Gasteiger partial charge on any atom is -0.508 e. The maximum atomic E-state index is 9.44. The van der Waals surface area contributed by atoms with Gasteiger partial charge in [0.15, 0.2) is 0 Å². The molecule has 2 N–H and O–H groups in total. The molecule has 15 heavy (non-hydrogen) atoms. The second-order valence-electron chi connectivity index (χ2n) is 4.54. The molecule has 0 aliphatic carbocycles. The van der Waals surface area contributed by atoms with Crippen molar-refractivity contribution in [3.8, 4) is 5.75 Å². The van der Waals surface area contributed by atoms with Gasteiger partial charge in [0, 0.05) is 0 Å². The molecule has 2 heteroatoms. The standard InChI is InChI=1S/C13H19NO/c1-10-7-11(4-5-13(10)15)8-12-3-2-6-14-9-12/h4-5,7,12,14-15H,2-3,6,8-9H2,1H3. The monoisotopic (exact) mass is 205 g/mol. The van der Waals surface area contributed by atoms with Crippen LogP contribution in [0.3, 0.4) is 0 Å². The van der Waals surface area contributed by atoms with Crippen molar-refractivity contribution in [3.05, 3.63) is 29.3 Å². The zero-order valence-electron chi connectivity index (χ0n) is 9.29. The van der Waals surface area contributed by atoms with Gasteiger partial charge in [-0.1, -0.05) is 12.1 Å². The summed E-state index contributed by atoms with van der Waals surface area (Å²) in [6.07, 6.45) is 3.75. The van der Waals surface area contributed by atoms with Crippen molar-refractivity contribution in [2.75, 3.05) is 13.1 Å². The molecule has 0 radical (unpaired) electrons. The van der Waals surface area contributed by atoms with Crippen LogP contribution in [0, 0.1) is 12.8 Å². The molecule has 1 saturated heterocycles. The highest BCUT2D eigenvalue weighted by Crippen LogP contribution is 2.21. The van der Waals surface area contributed by atoms with Crippen molar-refractivity contribution in [2.45, 2.75) is 26.2 Å². The first-order valence-corrected chi connectivity index (χ1v) is 5.75. The van der Waals surface area contributed by atoms with Crippen molar-refractivity contribution in [3.63, 3.8) is 0 Å². The summed E-state index contributed by atoms with van der Waals surface area (Å²) in [5, 5.41) is 12.9. The molecule has 1 heterocycles. The number of piperidine rings is 1. The van der Waals surface area contributed by atoms with Gasteiger partial charge < -0.3 is 10.4 Å². The second kappa shape index (κ2) is 4.67. The quantitative estimate of drug-likeness (QED) is 0.776. The number of phenolic OH excluding ortho intramolecular Hbond substituents is 1. The van der Waals surface area contributed by atoms with E-state index in [1.807, 2.05) is 13.0 Å². The van der Waals surface area contributed by atoms with Crippen molar-refractivity contribution >= 4 is 0 Å². The lowest BCUT2D eigenvalue weighted by atomic mass is 9.92. The molecule has 0 saturated carbocycles. The molecule has 1 unspecified atom stereocenters. The van der Waals surface area contributed by atoms with Gasteiger partial charge in [0.2, 0.25) is 0 Å². The number of benzene rings is 1. The number of nitrogens with one attached hydrogen (secondary N) is 1. The molecule has 2 nitrogen and oxygen atoms in total. The van der Waals surface area contributed by atoms with E-state index in [1.54, 1.807) is 6.07 Å². The van der Waals surface area contributed by atoms with E-state index in [9.17, 15) is 5.11 Å². The van der Waals surface area contributed by atoms with Crippen LogP contribution in [0.2, 0.25) is 0 Å². The molecule has 82 valence electrons. The van der Waals surface area contributed by atoms with Gasteiger partial charge >= 0.3 is 0 Å². The number of hydrogen-bond acceptors (Lipinski definition) is 2. The summed E-state index contributed by atoms with van der Waals surface area (Å²) >= 11 is 0. The average Bonchev–Trinajstić information content (AvgIpc) is 2.25. The third kappa shape index (κ3) is 2.72. The van der Waals surface area contributed by atoms with Crippen molar-refractivity contribution in [1.29, 1.82) is 0 Å². The molecule has 0 aromatic heterocycles. The smallest absolute Gasteiger partial charge is 0.118 e. The first-order valence-electron chi connectivity index (χ1n) is 5.75. The van der Waals surface area contributed by atoms with Crippen LogP contribution in [0.5, 0.6) is 5.75 Å². The Morgan fingerprint density at radius 1 is 1.47 bits per heavy atom. The first-order chi connectivity index (χ1) is 7.25. The maximum Gasteiger partial charge on any atom is 0.118 e. The summed E-state index contributed by atoms with van der Waals surface area (Å²) < 4.78 is 0. The van der Waals surface area contributed by atoms with Crippen molar-refractivity contribution < 1.29 is 5.11 Å². The predicted molar refractivity (Wildman–Crippen MR) is 62.1 cm³/mol. The van der Waals surface area contributed by atoms with Gasteiger partial charge in [-0.3, -0.25) is 0 Å². The number of phenols is 1. The molecule has 1 fully saturated rings. The molecular weight excluding hydrogens is 186 g/mol. The van der Waals surface area contributed by atoms with E-state index >= 15 is 0 Å². The lowest BCUT2D eigenvalue weighted by Crippen LogP contribution is -2.30. The van der Waals surface area contributed by atoms with Gasteiger partial charge in [0.1, 0.15) is 5.75 Å². The van der Waals surface area contributed by atoms with Crippen molar-refractivity contribution in [1.82, 2.24) is 5.32 Å². The summed E-state index contributed by atoms with van der Waals surface area (Å²) in [6.45, 7) is 4.27. The third-order valence-corrected chi connectivity index (χ3v) is 3.18. The number of hydrogen-bond donors (Lipinski definition) is 2. The fraction of sp³-hybridized carbons (Fsp3) is 0.538. The maximum absolute atomic E-state index is 9.44. The predicted octanol–water partition coefficient (Wildman–Crippen LogP) is 2.24. The van der Waals surface area contributed by atoms with Crippen LogP contribution >= 0.6 is 0 Å². The Bertz CT molecular complexity index is 329. The van der Waals surface area contributed by atoms with Gasteiger partial charge in [-0.2, -0.15) is 0 Å². The normalized spacial score (nSPS) is 21.5. The highest BCUT2D eigenvalue weighted by atomic mass is 16.3. The molecule has 0 amide bonds. The van der Waals surface area contributed by atoms with Crippen LogP contribution in [0.1, 0.15) is 24.0 Å². The van der Waals surface area contributed by atoms with E-state index in [0.717, 1.165) is 24.4 Å².